The molecular weight excluding hydrogens is 221 g/mol. The summed E-state index contributed by atoms with van der Waals surface area (Å²) in [5.74, 6) is 1.13. The van der Waals surface area contributed by atoms with Gasteiger partial charge in [0.05, 0.1) is 5.41 Å². The van der Waals surface area contributed by atoms with Gasteiger partial charge in [0, 0.05) is 24.2 Å². The van der Waals surface area contributed by atoms with Crippen molar-refractivity contribution in [1.82, 2.24) is 0 Å². The lowest BCUT2D eigenvalue weighted by Gasteiger charge is -2.18. The molecule has 4 fully saturated rings. The highest BCUT2D eigenvalue weighted by atomic mass is 19.1. The van der Waals surface area contributed by atoms with Crippen LogP contribution in [0.25, 0.3) is 0 Å². The van der Waals surface area contributed by atoms with Crippen molar-refractivity contribution in [2.45, 2.75) is 6.04 Å². The maximum atomic E-state index is 13.2. The van der Waals surface area contributed by atoms with Crippen molar-refractivity contribution in [2.75, 3.05) is 11.4 Å². The van der Waals surface area contributed by atoms with Crippen LogP contribution in [0.1, 0.15) is 0 Å². The number of fused-ring (bicyclic) bond motifs is 1. The molecule has 2 saturated heterocycles. The Morgan fingerprint density at radius 2 is 2.41 bits per heavy atom. The fraction of sp³-hybridized carbons (Fsp3) is 0.417. The largest absolute Gasteiger partial charge is 0.409 e. The van der Waals surface area contributed by atoms with Crippen molar-refractivity contribution in [1.29, 1.82) is 0 Å². The van der Waals surface area contributed by atoms with E-state index in [0.29, 0.717) is 23.7 Å². The van der Waals surface area contributed by atoms with Gasteiger partial charge in [-0.2, -0.15) is 0 Å². The summed E-state index contributed by atoms with van der Waals surface area (Å²) in [7, 11) is 0. The molecule has 1 unspecified atom stereocenters. The van der Waals surface area contributed by atoms with E-state index in [4.69, 9.17) is 10.9 Å². The number of benzene rings is 1. The molecule has 5 rings (SSSR count). The summed E-state index contributed by atoms with van der Waals surface area (Å²) in [4.78, 5) is 2.18. The van der Waals surface area contributed by atoms with E-state index in [1.54, 1.807) is 12.1 Å². The molecule has 2 aliphatic heterocycles. The second-order valence-corrected chi connectivity index (χ2v) is 5.13. The first-order chi connectivity index (χ1) is 8.21. The van der Waals surface area contributed by atoms with E-state index in [1.165, 1.54) is 6.07 Å². The molecular formula is C12H12FN3O. The van der Waals surface area contributed by atoms with Gasteiger partial charge in [-0.3, -0.25) is 0 Å². The minimum Gasteiger partial charge on any atom is -0.409 e. The first-order valence-electron chi connectivity index (χ1n) is 5.71. The van der Waals surface area contributed by atoms with Crippen molar-refractivity contribution < 1.29 is 9.60 Å². The quantitative estimate of drug-likeness (QED) is 0.347. The monoisotopic (exact) mass is 233 g/mol. The number of nitrogens with two attached hydrogens (primary N) is 1. The molecule has 4 nitrogen and oxygen atoms in total. The van der Waals surface area contributed by atoms with E-state index < -0.39 is 0 Å². The number of hydrogen-bond acceptors (Lipinski definition) is 3. The summed E-state index contributed by atoms with van der Waals surface area (Å²) in [6.07, 6.45) is 0. The van der Waals surface area contributed by atoms with E-state index in [1.807, 2.05) is 6.07 Å². The van der Waals surface area contributed by atoms with Gasteiger partial charge in [0.25, 0.3) is 0 Å². The van der Waals surface area contributed by atoms with Crippen molar-refractivity contribution in [2.24, 2.45) is 28.1 Å². The summed E-state index contributed by atoms with van der Waals surface area (Å²) in [5.41, 5.74) is 6.54. The molecule has 0 amide bonds. The van der Waals surface area contributed by atoms with Gasteiger partial charge in [0.1, 0.15) is 11.7 Å². The molecule has 5 heteroatoms. The number of amidine groups is 1. The highest BCUT2D eigenvalue weighted by molar-refractivity contribution is 5.98. The van der Waals surface area contributed by atoms with Crippen LogP contribution in [-0.2, 0) is 0 Å². The number of rotatable bonds is 2. The van der Waals surface area contributed by atoms with Crippen LogP contribution in [0.15, 0.2) is 29.4 Å². The fourth-order valence-corrected chi connectivity index (χ4v) is 3.81. The third-order valence-electron chi connectivity index (χ3n) is 4.63. The van der Waals surface area contributed by atoms with Crippen LogP contribution < -0.4 is 10.6 Å². The summed E-state index contributed by atoms with van der Waals surface area (Å²) in [6.45, 7) is 0.884. The highest BCUT2D eigenvalue weighted by Gasteiger charge is 2.94. The predicted molar refractivity (Wildman–Crippen MR) is 60.4 cm³/mol. The molecule has 0 spiro atoms. The topological polar surface area (TPSA) is 61.9 Å². The van der Waals surface area contributed by atoms with Crippen LogP contribution in [0.3, 0.4) is 0 Å². The zero-order valence-corrected chi connectivity index (χ0v) is 9.05. The standard InChI is InChI=1S/C12H12FN3O/c13-6-2-1-3-7(4-6)16-5-8-9-10(16)12(8,9)11(14)15-17/h1-4,8-10,17H,5H2,(H2,14,15)/t8-,9-,10?,12-/m1/s1. The van der Waals surface area contributed by atoms with Gasteiger partial charge < -0.3 is 15.8 Å². The van der Waals surface area contributed by atoms with Gasteiger partial charge in [-0.25, -0.2) is 4.39 Å². The first-order valence-corrected chi connectivity index (χ1v) is 5.71. The maximum Gasteiger partial charge on any atom is 0.148 e. The van der Waals surface area contributed by atoms with Gasteiger partial charge in [-0.05, 0) is 24.1 Å². The number of halogens is 1. The van der Waals surface area contributed by atoms with Crippen LogP contribution in [-0.4, -0.2) is 23.6 Å². The average molecular weight is 233 g/mol. The van der Waals surface area contributed by atoms with Crippen LogP contribution in [0, 0.1) is 23.1 Å². The van der Waals surface area contributed by atoms with Crippen LogP contribution in [0.5, 0.6) is 0 Å². The van der Waals surface area contributed by atoms with E-state index >= 15 is 0 Å². The number of piperidine rings is 1. The molecule has 2 bridgehead atoms. The number of nitrogens with zero attached hydrogens (tertiary/aromatic N) is 2. The molecule has 0 radical (unpaired) electrons. The van der Waals surface area contributed by atoms with Gasteiger partial charge in [0.2, 0.25) is 0 Å². The summed E-state index contributed by atoms with van der Waals surface area (Å²) in [5, 5.41) is 11.9. The van der Waals surface area contributed by atoms with Crippen LogP contribution in [0.4, 0.5) is 10.1 Å². The number of anilines is 1. The lowest BCUT2D eigenvalue weighted by molar-refractivity contribution is 0.314. The third kappa shape index (κ3) is 0.842. The molecule has 2 aliphatic carbocycles. The second kappa shape index (κ2) is 2.55. The molecule has 3 N–H and O–H groups in total. The summed E-state index contributed by atoms with van der Waals surface area (Å²) in [6, 6.07) is 6.91. The number of hydrogen-bond donors (Lipinski definition) is 2. The van der Waals surface area contributed by atoms with Crippen molar-refractivity contribution in [3.05, 3.63) is 30.1 Å². The molecule has 17 heavy (non-hydrogen) atoms. The lowest BCUT2D eigenvalue weighted by Crippen LogP contribution is -2.28. The number of oxime groups is 1. The lowest BCUT2D eigenvalue weighted by atomic mass is 10.1. The van der Waals surface area contributed by atoms with Crippen LogP contribution >= 0.6 is 0 Å². The Labute approximate surface area is 97.5 Å². The summed E-state index contributed by atoms with van der Waals surface area (Å²) >= 11 is 0. The van der Waals surface area contributed by atoms with Crippen molar-refractivity contribution in [3.63, 3.8) is 0 Å². The zero-order chi connectivity index (χ0) is 11.8. The molecule has 0 aromatic heterocycles. The van der Waals surface area contributed by atoms with Gasteiger partial charge in [-0.15, -0.1) is 0 Å². The molecule has 1 aromatic rings. The molecule has 2 heterocycles. The van der Waals surface area contributed by atoms with Gasteiger partial charge >= 0.3 is 0 Å². The fourth-order valence-electron chi connectivity index (χ4n) is 3.81. The molecule has 4 aliphatic rings. The zero-order valence-electron chi connectivity index (χ0n) is 9.05. The van der Waals surface area contributed by atoms with E-state index in [0.717, 1.165) is 12.2 Å². The predicted octanol–water partition coefficient (Wildman–Crippen LogP) is 1.01. The normalized spacial score (nSPS) is 41.4. The molecule has 1 aromatic carbocycles. The minimum atomic E-state index is -0.223. The van der Waals surface area contributed by atoms with E-state index in [2.05, 4.69) is 10.1 Å². The summed E-state index contributed by atoms with van der Waals surface area (Å²) < 4.78 is 13.2. The Kier molecular flexibility index (Phi) is 1.39. The average Bonchev–Trinajstić information content (AvgIpc) is 3.07. The molecule has 2 saturated carbocycles. The third-order valence-corrected chi connectivity index (χ3v) is 4.63. The van der Waals surface area contributed by atoms with E-state index in [-0.39, 0.29) is 11.2 Å². The Bertz CT molecular complexity index is 540. The van der Waals surface area contributed by atoms with E-state index in [9.17, 15) is 4.39 Å². The van der Waals surface area contributed by atoms with Crippen LogP contribution in [0.2, 0.25) is 0 Å². The Morgan fingerprint density at radius 3 is 3.06 bits per heavy atom. The SMILES string of the molecule is N/C(=N\O)[C@@]12C3[C@H]1[C@H]2CN3c1cccc(F)c1. The van der Waals surface area contributed by atoms with Crippen molar-refractivity contribution in [3.8, 4) is 0 Å². The smallest absolute Gasteiger partial charge is 0.148 e. The maximum absolute atomic E-state index is 13.2. The minimum absolute atomic E-state index is 0.0962. The Hall–Kier alpha value is -1.78. The van der Waals surface area contributed by atoms with Gasteiger partial charge in [-0.1, -0.05) is 11.2 Å². The Balaban J connectivity index is 1.66. The molecule has 4 atom stereocenters. The van der Waals surface area contributed by atoms with Gasteiger partial charge in [0.15, 0.2) is 0 Å². The second-order valence-electron chi connectivity index (χ2n) is 5.13. The molecule has 88 valence electrons. The Morgan fingerprint density at radius 1 is 1.59 bits per heavy atom. The first kappa shape index (κ1) is 9.27. The van der Waals surface area contributed by atoms with Crippen molar-refractivity contribution >= 4 is 11.5 Å². The highest BCUT2D eigenvalue weighted by Crippen LogP contribution is 2.85.